The molecule has 2 heterocycles. The van der Waals surface area contributed by atoms with Crippen molar-refractivity contribution in [2.75, 3.05) is 13.7 Å². The van der Waals surface area contributed by atoms with E-state index in [2.05, 4.69) is 19.8 Å². The van der Waals surface area contributed by atoms with Crippen LogP contribution in [0.25, 0.3) is 5.78 Å². The monoisotopic (exact) mass is 222 g/mol. The first kappa shape index (κ1) is 10.3. The maximum atomic E-state index is 10.9. The van der Waals surface area contributed by atoms with E-state index in [1.165, 1.54) is 18.0 Å². The summed E-state index contributed by atoms with van der Waals surface area (Å²) in [6.07, 6.45) is 1.37. The number of aryl methyl sites for hydroxylation is 1. The number of carbonyl (C=O) groups excluding carboxylic acids is 1. The van der Waals surface area contributed by atoms with Crippen LogP contribution in [0.3, 0.4) is 0 Å². The number of carbonyl (C=O) groups is 1. The topological polar surface area (TPSA) is 78.6 Å². The minimum atomic E-state index is -0.456. The lowest BCUT2D eigenvalue weighted by atomic mass is 10.4. The van der Waals surface area contributed by atoms with E-state index in [1.807, 2.05) is 0 Å². The maximum absolute atomic E-state index is 10.9. The molecule has 2 aromatic heterocycles. The molecule has 0 saturated carbocycles. The summed E-state index contributed by atoms with van der Waals surface area (Å²) in [6, 6.07) is 1.67. The summed E-state index contributed by atoms with van der Waals surface area (Å²) in [4.78, 5) is 19.0. The van der Waals surface area contributed by atoms with Crippen molar-refractivity contribution in [1.82, 2.24) is 19.6 Å². The van der Waals surface area contributed by atoms with Gasteiger partial charge in [-0.05, 0) is 6.92 Å². The Labute approximate surface area is 91.0 Å². The molecule has 0 bridgehead atoms. The number of aromatic nitrogens is 4. The van der Waals surface area contributed by atoms with E-state index in [4.69, 9.17) is 4.74 Å². The Balaban J connectivity index is 2.28. The molecule has 16 heavy (non-hydrogen) atoms. The second kappa shape index (κ2) is 4.13. The highest BCUT2D eigenvalue weighted by molar-refractivity contribution is 5.70. The molecule has 2 aromatic rings. The molecule has 0 radical (unpaired) electrons. The number of fused-ring (bicyclic) bond motifs is 1. The van der Waals surface area contributed by atoms with E-state index in [9.17, 15) is 4.79 Å². The molecule has 0 saturated heterocycles. The van der Waals surface area contributed by atoms with Gasteiger partial charge in [0.1, 0.15) is 6.33 Å². The van der Waals surface area contributed by atoms with Gasteiger partial charge < -0.3 is 9.47 Å². The third-order valence-corrected chi connectivity index (χ3v) is 1.91. The quantitative estimate of drug-likeness (QED) is 0.679. The largest absolute Gasteiger partial charge is 0.466 e. The maximum Gasteiger partial charge on any atom is 0.343 e. The van der Waals surface area contributed by atoms with Gasteiger partial charge in [-0.15, -0.1) is 0 Å². The van der Waals surface area contributed by atoms with Gasteiger partial charge in [-0.2, -0.15) is 14.6 Å². The second-order valence-corrected chi connectivity index (χ2v) is 3.07. The molecule has 0 aliphatic carbocycles. The first-order chi connectivity index (χ1) is 7.70. The van der Waals surface area contributed by atoms with Gasteiger partial charge in [0.05, 0.1) is 7.11 Å². The number of rotatable bonds is 3. The average molecular weight is 222 g/mol. The summed E-state index contributed by atoms with van der Waals surface area (Å²) in [7, 11) is 1.30. The number of hydrogen-bond acceptors (Lipinski definition) is 6. The molecule has 84 valence electrons. The number of nitrogens with zero attached hydrogens (tertiary/aromatic N) is 4. The molecule has 2 rings (SSSR count). The Morgan fingerprint density at radius 2 is 2.38 bits per heavy atom. The van der Waals surface area contributed by atoms with Crippen molar-refractivity contribution >= 4 is 11.7 Å². The van der Waals surface area contributed by atoms with Gasteiger partial charge in [-0.3, -0.25) is 0 Å². The smallest absolute Gasteiger partial charge is 0.343 e. The molecule has 0 unspecified atom stereocenters. The highest BCUT2D eigenvalue weighted by atomic mass is 16.6. The molecule has 0 amide bonds. The Kier molecular flexibility index (Phi) is 2.67. The molecule has 0 aliphatic rings. The zero-order valence-electron chi connectivity index (χ0n) is 8.88. The fourth-order valence-corrected chi connectivity index (χ4v) is 1.19. The van der Waals surface area contributed by atoms with Crippen molar-refractivity contribution in [2.24, 2.45) is 0 Å². The number of ether oxygens (including phenoxy) is 2. The molecule has 7 nitrogen and oxygen atoms in total. The van der Waals surface area contributed by atoms with Gasteiger partial charge in [-0.25, -0.2) is 9.78 Å². The van der Waals surface area contributed by atoms with Crippen molar-refractivity contribution in [2.45, 2.75) is 6.92 Å². The van der Waals surface area contributed by atoms with Crippen LogP contribution in [0, 0.1) is 6.92 Å². The van der Waals surface area contributed by atoms with Crippen molar-refractivity contribution < 1.29 is 14.3 Å². The van der Waals surface area contributed by atoms with Crippen LogP contribution in [-0.4, -0.2) is 39.3 Å². The summed E-state index contributed by atoms with van der Waals surface area (Å²) in [5.74, 6) is 0.382. The number of esters is 1. The predicted octanol–water partition coefficient (Wildman–Crippen LogP) is -0.0155. The van der Waals surface area contributed by atoms with Crippen LogP contribution in [0.4, 0.5) is 0 Å². The fraction of sp³-hybridized carbons (Fsp3) is 0.333. The van der Waals surface area contributed by atoms with E-state index < -0.39 is 5.97 Å². The summed E-state index contributed by atoms with van der Waals surface area (Å²) in [5, 5.41) is 3.93. The zero-order chi connectivity index (χ0) is 11.5. The van der Waals surface area contributed by atoms with Gasteiger partial charge in [0.2, 0.25) is 5.88 Å². The van der Waals surface area contributed by atoms with Crippen molar-refractivity contribution in [3.8, 4) is 5.88 Å². The van der Waals surface area contributed by atoms with Crippen LogP contribution in [-0.2, 0) is 9.53 Å². The number of hydrogen-bond donors (Lipinski definition) is 0. The molecule has 7 heteroatoms. The molecular weight excluding hydrogens is 212 g/mol. The summed E-state index contributed by atoms with van der Waals surface area (Å²) in [5.41, 5.74) is 0.736. The van der Waals surface area contributed by atoms with Crippen LogP contribution < -0.4 is 4.74 Å². The molecule has 0 N–H and O–H groups in total. The molecule has 0 atom stereocenters. The van der Waals surface area contributed by atoms with E-state index in [-0.39, 0.29) is 6.61 Å². The van der Waals surface area contributed by atoms with E-state index in [1.54, 1.807) is 13.0 Å². The van der Waals surface area contributed by atoms with Crippen molar-refractivity contribution in [3.05, 3.63) is 18.1 Å². The number of methoxy groups -OCH3 is 1. The Hall–Kier alpha value is -2.18. The minimum absolute atomic E-state index is 0.172. The van der Waals surface area contributed by atoms with Crippen LogP contribution >= 0.6 is 0 Å². The van der Waals surface area contributed by atoms with Crippen LogP contribution in [0.2, 0.25) is 0 Å². The second-order valence-electron chi connectivity index (χ2n) is 3.07. The van der Waals surface area contributed by atoms with Crippen molar-refractivity contribution in [3.63, 3.8) is 0 Å². The molecular formula is C9H10N4O3. The Morgan fingerprint density at radius 3 is 3.12 bits per heavy atom. The first-order valence-corrected chi connectivity index (χ1v) is 4.57. The van der Waals surface area contributed by atoms with E-state index >= 15 is 0 Å². The third kappa shape index (κ3) is 1.92. The van der Waals surface area contributed by atoms with Gasteiger partial charge in [-0.1, -0.05) is 0 Å². The molecule has 0 aromatic carbocycles. The SMILES string of the molecule is COC(=O)COc1cc(C)nc2ncnn12. The molecule has 0 aliphatic heterocycles. The van der Waals surface area contributed by atoms with E-state index in [0.29, 0.717) is 11.7 Å². The van der Waals surface area contributed by atoms with Gasteiger partial charge in [0.15, 0.2) is 6.61 Å². The first-order valence-electron chi connectivity index (χ1n) is 4.57. The Bertz CT molecular complexity index is 522. The lowest BCUT2D eigenvalue weighted by Gasteiger charge is -2.06. The normalized spacial score (nSPS) is 10.4. The lowest BCUT2D eigenvalue weighted by Crippen LogP contribution is -2.14. The van der Waals surface area contributed by atoms with E-state index in [0.717, 1.165) is 5.69 Å². The van der Waals surface area contributed by atoms with Crippen LogP contribution in [0.15, 0.2) is 12.4 Å². The molecule has 0 spiro atoms. The average Bonchev–Trinajstić information content (AvgIpc) is 2.73. The van der Waals surface area contributed by atoms with Gasteiger partial charge >= 0.3 is 5.97 Å². The third-order valence-electron chi connectivity index (χ3n) is 1.91. The standard InChI is InChI=1S/C9H10N4O3/c1-6-3-7(16-4-8(14)15-2)13-9(12-6)10-5-11-13/h3,5H,4H2,1-2H3. The highest BCUT2D eigenvalue weighted by Gasteiger charge is 2.08. The Morgan fingerprint density at radius 1 is 1.56 bits per heavy atom. The van der Waals surface area contributed by atoms with Gasteiger partial charge in [0.25, 0.3) is 5.78 Å². The predicted molar refractivity (Wildman–Crippen MR) is 53.0 cm³/mol. The highest BCUT2D eigenvalue weighted by Crippen LogP contribution is 2.12. The zero-order valence-corrected chi connectivity index (χ0v) is 8.88. The summed E-state index contributed by atoms with van der Waals surface area (Å²) < 4.78 is 11.1. The summed E-state index contributed by atoms with van der Waals surface area (Å²) >= 11 is 0. The minimum Gasteiger partial charge on any atom is -0.466 e. The molecule has 0 fully saturated rings. The van der Waals surface area contributed by atoms with Crippen LogP contribution in [0.5, 0.6) is 5.88 Å². The van der Waals surface area contributed by atoms with Crippen molar-refractivity contribution in [1.29, 1.82) is 0 Å². The lowest BCUT2D eigenvalue weighted by molar-refractivity contribution is -0.143. The summed E-state index contributed by atoms with van der Waals surface area (Å²) in [6.45, 7) is 1.63. The van der Waals surface area contributed by atoms with Crippen LogP contribution in [0.1, 0.15) is 5.69 Å². The fourth-order valence-electron chi connectivity index (χ4n) is 1.19. The van der Waals surface area contributed by atoms with Gasteiger partial charge in [0, 0.05) is 11.8 Å².